The number of halogens is 2. The van der Waals surface area contributed by atoms with Crippen LogP contribution < -0.4 is 0 Å². The summed E-state index contributed by atoms with van der Waals surface area (Å²) in [5.74, 6) is 0.0277. The van der Waals surface area contributed by atoms with E-state index in [9.17, 15) is 9.90 Å². The fourth-order valence-corrected chi connectivity index (χ4v) is 5.27. The summed E-state index contributed by atoms with van der Waals surface area (Å²) >= 11 is 8.04. The van der Waals surface area contributed by atoms with Crippen molar-refractivity contribution in [1.82, 2.24) is 4.90 Å². The number of carbonyl (C=O) groups excluding carboxylic acids is 1. The van der Waals surface area contributed by atoms with Crippen molar-refractivity contribution in [3.63, 3.8) is 0 Å². The molecule has 4 rings (SSSR count). The third kappa shape index (κ3) is 5.11. The van der Waals surface area contributed by atoms with Crippen LogP contribution in [0, 0.1) is 6.92 Å². The second-order valence-corrected chi connectivity index (χ2v) is 9.77. The lowest BCUT2D eigenvalue weighted by molar-refractivity contribution is -0.122. The number of amidine groups is 1. The van der Waals surface area contributed by atoms with E-state index in [1.165, 1.54) is 11.8 Å². The van der Waals surface area contributed by atoms with Crippen LogP contribution in [0.3, 0.4) is 0 Å². The number of phenols is 1. The number of thioether (sulfide) groups is 1. The Labute approximate surface area is 202 Å². The summed E-state index contributed by atoms with van der Waals surface area (Å²) in [6.07, 6.45) is 1.82. The number of hydrogen-bond donors (Lipinski definition) is 1. The van der Waals surface area contributed by atoms with Gasteiger partial charge in [0.05, 0.1) is 26.1 Å². The van der Waals surface area contributed by atoms with E-state index in [1.54, 1.807) is 17.0 Å². The molecule has 1 heterocycles. The van der Waals surface area contributed by atoms with Crippen LogP contribution in [-0.4, -0.2) is 21.1 Å². The van der Waals surface area contributed by atoms with Gasteiger partial charge in [0.1, 0.15) is 5.75 Å². The highest BCUT2D eigenvalue weighted by atomic mass is 79.9. The maximum absolute atomic E-state index is 13.3. The van der Waals surface area contributed by atoms with Crippen molar-refractivity contribution >= 4 is 66.5 Å². The minimum atomic E-state index is -0.0972. The highest BCUT2D eigenvalue weighted by Gasteiger charge is 2.33. The fraction of sp³-hybridized carbons (Fsp3) is 0.0833. The average molecular weight is 558 g/mol. The van der Waals surface area contributed by atoms with E-state index in [1.807, 2.05) is 67.6 Å². The molecule has 1 N–H and O–H groups in total. The van der Waals surface area contributed by atoms with Crippen LogP contribution in [0.5, 0.6) is 5.75 Å². The predicted octanol–water partition coefficient (Wildman–Crippen LogP) is 7.03. The second-order valence-electron chi connectivity index (χ2n) is 7.05. The molecule has 0 radical (unpaired) electrons. The monoisotopic (exact) mass is 556 g/mol. The quantitative estimate of drug-likeness (QED) is 0.350. The number of aliphatic imine (C=N–C) groups is 1. The summed E-state index contributed by atoms with van der Waals surface area (Å²) in [6, 6.07) is 21.3. The first kappa shape index (κ1) is 21.9. The Hall–Kier alpha value is -2.35. The minimum Gasteiger partial charge on any atom is -0.506 e. The Bertz CT molecular complexity index is 1170. The van der Waals surface area contributed by atoms with Gasteiger partial charge in [-0.1, -0.05) is 48.0 Å². The lowest BCUT2D eigenvalue weighted by Gasteiger charge is -2.15. The molecule has 3 aromatic carbocycles. The van der Waals surface area contributed by atoms with E-state index in [4.69, 9.17) is 4.99 Å². The van der Waals surface area contributed by atoms with Crippen molar-refractivity contribution in [1.29, 1.82) is 0 Å². The third-order valence-electron chi connectivity index (χ3n) is 4.67. The number of rotatable bonds is 4. The number of aryl methyl sites for hydroxylation is 1. The van der Waals surface area contributed by atoms with Gasteiger partial charge in [0.2, 0.25) is 0 Å². The second kappa shape index (κ2) is 9.42. The first-order valence-corrected chi connectivity index (χ1v) is 11.9. The molecule has 0 aliphatic carbocycles. The van der Waals surface area contributed by atoms with Gasteiger partial charge in [0, 0.05) is 0 Å². The van der Waals surface area contributed by atoms with Gasteiger partial charge < -0.3 is 5.11 Å². The maximum Gasteiger partial charge on any atom is 0.267 e. The van der Waals surface area contributed by atoms with Crippen LogP contribution in [0.2, 0.25) is 0 Å². The van der Waals surface area contributed by atoms with E-state index >= 15 is 0 Å². The molecule has 1 fully saturated rings. The third-order valence-corrected chi connectivity index (χ3v) is 6.88. The summed E-state index contributed by atoms with van der Waals surface area (Å²) < 4.78 is 1.11. The van der Waals surface area contributed by atoms with Crippen LogP contribution >= 0.6 is 43.6 Å². The maximum atomic E-state index is 13.3. The Kier molecular flexibility index (Phi) is 6.65. The van der Waals surface area contributed by atoms with Crippen molar-refractivity contribution in [2.45, 2.75) is 13.5 Å². The number of hydrogen-bond acceptors (Lipinski definition) is 4. The van der Waals surface area contributed by atoms with Crippen molar-refractivity contribution in [3.8, 4) is 5.75 Å². The zero-order valence-corrected chi connectivity index (χ0v) is 20.5. The molecular formula is C24H18Br2N2O2S. The number of benzene rings is 3. The Morgan fingerprint density at radius 2 is 1.68 bits per heavy atom. The number of nitrogens with zero attached hydrogens (tertiary/aromatic N) is 2. The van der Waals surface area contributed by atoms with Gasteiger partial charge in [0.15, 0.2) is 5.17 Å². The highest BCUT2D eigenvalue weighted by molar-refractivity contribution is 9.11. The van der Waals surface area contributed by atoms with Crippen LogP contribution in [0.15, 0.2) is 85.6 Å². The standard InChI is InChI=1S/C24H18Br2N2O2S/c1-15-7-9-18(10-8-15)27-24-28(14-16-5-3-2-4-6-16)23(30)21(31-24)13-17-11-19(25)22(29)20(26)12-17/h2-13,29H,14H2,1H3/b21-13+,27-24?. The summed E-state index contributed by atoms with van der Waals surface area (Å²) in [4.78, 5) is 20.3. The van der Waals surface area contributed by atoms with Gasteiger partial charge in [-0.15, -0.1) is 0 Å². The van der Waals surface area contributed by atoms with E-state index in [2.05, 4.69) is 31.9 Å². The van der Waals surface area contributed by atoms with Gasteiger partial charge in [0.25, 0.3) is 5.91 Å². The van der Waals surface area contributed by atoms with Gasteiger partial charge in [-0.25, -0.2) is 4.99 Å². The molecule has 3 aromatic rings. The van der Waals surface area contributed by atoms with Crippen molar-refractivity contribution in [3.05, 3.63) is 97.3 Å². The molecule has 7 heteroatoms. The SMILES string of the molecule is Cc1ccc(N=C2S/C(=C/c3cc(Br)c(O)c(Br)c3)C(=O)N2Cc2ccccc2)cc1. The molecule has 31 heavy (non-hydrogen) atoms. The van der Waals surface area contributed by atoms with Crippen molar-refractivity contribution in [2.75, 3.05) is 0 Å². The largest absolute Gasteiger partial charge is 0.506 e. The molecule has 1 saturated heterocycles. The van der Waals surface area contributed by atoms with Gasteiger partial charge in [-0.2, -0.15) is 0 Å². The summed E-state index contributed by atoms with van der Waals surface area (Å²) in [7, 11) is 0. The molecule has 0 aromatic heterocycles. The highest BCUT2D eigenvalue weighted by Crippen LogP contribution is 2.38. The number of phenolic OH excluding ortho intramolecular Hbond substituents is 1. The minimum absolute atomic E-state index is 0.0972. The fourth-order valence-electron chi connectivity index (χ4n) is 3.05. The van der Waals surface area contributed by atoms with Gasteiger partial charge >= 0.3 is 0 Å². The molecule has 0 bridgehead atoms. The molecule has 156 valence electrons. The number of aromatic hydroxyl groups is 1. The lowest BCUT2D eigenvalue weighted by Crippen LogP contribution is -2.28. The van der Waals surface area contributed by atoms with E-state index in [0.29, 0.717) is 25.6 Å². The van der Waals surface area contributed by atoms with E-state index in [0.717, 1.165) is 22.4 Å². The summed E-state index contributed by atoms with van der Waals surface area (Å²) in [6.45, 7) is 2.47. The molecule has 0 spiro atoms. The van der Waals surface area contributed by atoms with Crippen LogP contribution in [0.1, 0.15) is 16.7 Å². The molecule has 4 nitrogen and oxygen atoms in total. The van der Waals surface area contributed by atoms with Crippen LogP contribution in [0.4, 0.5) is 5.69 Å². The van der Waals surface area contributed by atoms with Gasteiger partial charge in [-0.05, 0) is 92.0 Å². The Balaban J connectivity index is 1.72. The topological polar surface area (TPSA) is 52.9 Å². The first-order chi connectivity index (χ1) is 14.9. The Morgan fingerprint density at radius 3 is 2.32 bits per heavy atom. The Morgan fingerprint density at radius 1 is 1.03 bits per heavy atom. The zero-order valence-electron chi connectivity index (χ0n) is 16.5. The first-order valence-electron chi connectivity index (χ1n) is 9.49. The summed E-state index contributed by atoms with van der Waals surface area (Å²) in [5, 5.41) is 10.6. The zero-order chi connectivity index (χ0) is 22.0. The molecule has 1 aliphatic heterocycles. The molecule has 0 saturated carbocycles. The van der Waals surface area contributed by atoms with Crippen molar-refractivity contribution < 1.29 is 9.90 Å². The van der Waals surface area contributed by atoms with Crippen molar-refractivity contribution in [2.24, 2.45) is 4.99 Å². The molecule has 0 unspecified atom stereocenters. The van der Waals surface area contributed by atoms with Crippen LogP contribution in [0.25, 0.3) is 6.08 Å². The van der Waals surface area contributed by atoms with E-state index < -0.39 is 0 Å². The smallest absolute Gasteiger partial charge is 0.267 e. The average Bonchev–Trinajstić information content (AvgIpc) is 3.03. The molecule has 1 aliphatic rings. The van der Waals surface area contributed by atoms with E-state index in [-0.39, 0.29) is 11.7 Å². The molecular weight excluding hydrogens is 540 g/mol. The number of amides is 1. The predicted molar refractivity (Wildman–Crippen MR) is 134 cm³/mol. The lowest BCUT2D eigenvalue weighted by atomic mass is 10.2. The molecule has 1 amide bonds. The molecule has 0 atom stereocenters. The van der Waals surface area contributed by atoms with Crippen LogP contribution in [-0.2, 0) is 11.3 Å². The normalized spacial score (nSPS) is 16.5. The van der Waals surface area contributed by atoms with Gasteiger partial charge in [-0.3, -0.25) is 9.69 Å². The summed E-state index contributed by atoms with van der Waals surface area (Å²) in [5.41, 5.74) is 3.78. The number of carbonyl (C=O) groups is 1.